The largest absolute Gasteiger partial charge is 0.485 e. The summed E-state index contributed by atoms with van der Waals surface area (Å²) in [6.45, 7) is 3.20. The third kappa shape index (κ3) is 4.36. The number of nitrogens with zero attached hydrogens (tertiary/aromatic N) is 4. The summed E-state index contributed by atoms with van der Waals surface area (Å²) in [7, 11) is 0. The normalized spacial score (nSPS) is 14.7. The highest BCUT2D eigenvalue weighted by atomic mass is 35.5. The van der Waals surface area contributed by atoms with Gasteiger partial charge < -0.3 is 9.84 Å². The summed E-state index contributed by atoms with van der Waals surface area (Å²) in [6, 6.07) is 7.80. The van der Waals surface area contributed by atoms with Gasteiger partial charge in [-0.1, -0.05) is 17.7 Å². The molecule has 184 valence electrons. The van der Waals surface area contributed by atoms with E-state index in [0.29, 0.717) is 41.0 Å². The fraction of sp³-hybridized carbons (Fsp3) is 0.231. The number of pyridine rings is 4. The van der Waals surface area contributed by atoms with Gasteiger partial charge in [0.05, 0.1) is 35.1 Å². The van der Waals surface area contributed by atoms with Crippen molar-refractivity contribution in [2.75, 3.05) is 0 Å². The predicted octanol–water partition coefficient (Wildman–Crippen LogP) is 4.80. The molecule has 0 saturated carbocycles. The molecule has 0 saturated heterocycles. The molecule has 0 bridgehead atoms. The van der Waals surface area contributed by atoms with Crippen LogP contribution in [0.2, 0.25) is 5.02 Å². The number of aliphatic hydroxyl groups excluding tert-OH is 1. The molecular weight excluding hydrogens is 490 g/mol. The first kappa shape index (κ1) is 24.0. The van der Waals surface area contributed by atoms with E-state index >= 15 is 0 Å². The summed E-state index contributed by atoms with van der Waals surface area (Å²) in [6.07, 6.45) is 3.35. The first-order valence-electron chi connectivity index (χ1n) is 11.2. The maximum Gasteiger partial charge on any atom is 0.277 e. The Kier molecular flexibility index (Phi) is 6.27. The van der Waals surface area contributed by atoms with Crippen molar-refractivity contribution >= 4 is 11.6 Å². The van der Waals surface area contributed by atoms with Crippen LogP contribution in [0.1, 0.15) is 40.7 Å². The molecular formula is C26H21ClF2N4O3. The van der Waals surface area contributed by atoms with Crippen molar-refractivity contribution in [3.05, 3.63) is 97.9 Å². The van der Waals surface area contributed by atoms with Crippen LogP contribution in [-0.2, 0) is 13.0 Å². The summed E-state index contributed by atoms with van der Waals surface area (Å²) in [5, 5.41) is 10.0. The van der Waals surface area contributed by atoms with E-state index in [1.165, 1.54) is 4.57 Å². The Balaban J connectivity index is 1.50. The molecule has 0 fully saturated rings. The van der Waals surface area contributed by atoms with Crippen LogP contribution in [0.5, 0.6) is 5.75 Å². The lowest BCUT2D eigenvalue weighted by Gasteiger charge is -2.17. The van der Waals surface area contributed by atoms with Crippen molar-refractivity contribution in [2.24, 2.45) is 0 Å². The minimum Gasteiger partial charge on any atom is -0.485 e. The Bertz CT molecular complexity index is 1560. The van der Waals surface area contributed by atoms with Gasteiger partial charge in [-0.05, 0) is 49.9 Å². The molecule has 1 aliphatic carbocycles. The van der Waals surface area contributed by atoms with Crippen LogP contribution < -0.4 is 10.3 Å². The highest BCUT2D eigenvalue weighted by molar-refractivity contribution is 6.31. The predicted molar refractivity (Wildman–Crippen MR) is 129 cm³/mol. The van der Waals surface area contributed by atoms with Crippen molar-refractivity contribution in [1.29, 1.82) is 0 Å². The van der Waals surface area contributed by atoms with Gasteiger partial charge in [0.1, 0.15) is 28.9 Å². The third-order valence-corrected chi connectivity index (χ3v) is 6.49. The van der Waals surface area contributed by atoms with Gasteiger partial charge in [0.15, 0.2) is 5.82 Å². The molecule has 0 aliphatic heterocycles. The second kappa shape index (κ2) is 9.40. The van der Waals surface area contributed by atoms with Gasteiger partial charge in [0, 0.05) is 24.0 Å². The topological polar surface area (TPSA) is 90.1 Å². The number of ether oxygens (including phenoxy) is 1. The molecule has 4 aromatic heterocycles. The molecule has 4 aromatic rings. The van der Waals surface area contributed by atoms with Crippen LogP contribution in [0.3, 0.4) is 0 Å². The molecule has 0 amide bonds. The van der Waals surface area contributed by atoms with E-state index in [4.69, 9.17) is 16.3 Å². The molecule has 0 aromatic carbocycles. The number of aryl methyl sites for hydroxylation is 3. The van der Waals surface area contributed by atoms with E-state index < -0.39 is 23.3 Å². The number of halogens is 3. The smallest absolute Gasteiger partial charge is 0.277 e. The SMILES string of the molecule is Cc1cnc(-c2ccc3c(n2)C(O)CC3)cc1-n1c(C)cc(OCc2ncc(F)cc2F)c(Cl)c1=O. The molecule has 7 nitrogen and oxygen atoms in total. The van der Waals surface area contributed by atoms with Crippen LogP contribution in [0, 0.1) is 25.5 Å². The molecule has 0 radical (unpaired) electrons. The second-order valence-electron chi connectivity index (χ2n) is 8.63. The highest BCUT2D eigenvalue weighted by Gasteiger charge is 2.23. The minimum absolute atomic E-state index is 0.0575. The van der Waals surface area contributed by atoms with Crippen molar-refractivity contribution < 1.29 is 18.6 Å². The average Bonchev–Trinajstić information content (AvgIpc) is 3.22. The number of aromatic nitrogens is 4. The van der Waals surface area contributed by atoms with E-state index in [1.807, 2.05) is 19.1 Å². The van der Waals surface area contributed by atoms with Crippen LogP contribution >= 0.6 is 11.6 Å². The molecule has 1 aliphatic rings. The van der Waals surface area contributed by atoms with Crippen LogP contribution in [0.25, 0.3) is 17.1 Å². The van der Waals surface area contributed by atoms with Gasteiger partial charge in [-0.25, -0.2) is 13.8 Å². The number of aliphatic hydroxyl groups is 1. The van der Waals surface area contributed by atoms with E-state index in [-0.39, 0.29) is 23.1 Å². The summed E-state index contributed by atoms with van der Waals surface area (Å²) in [5.74, 6) is -1.60. The summed E-state index contributed by atoms with van der Waals surface area (Å²) in [4.78, 5) is 26.0. The van der Waals surface area contributed by atoms with Gasteiger partial charge in [-0.15, -0.1) is 0 Å². The third-order valence-electron chi connectivity index (χ3n) is 6.14. The average molecular weight is 511 g/mol. The lowest BCUT2D eigenvalue weighted by molar-refractivity contribution is 0.176. The summed E-state index contributed by atoms with van der Waals surface area (Å²) < 4.78 is 34.0. The minimum atomic E-state index is -0.858. The van der Waals surface area contributed by atoms with Gasteiger partial charge in [-0.2, -0.15) is 0 Å². The molecule has 1 atom stereocenters. The van der Waals surface area contributed by atoms with Crippen molar-refractivity contribution in [1.82, 2.24) is 19.5 Å². The van der Waals surface area contributed by atoms with Crippen LogP contribution in [0.4, 0.5) is 8.78 Å². The summed E-state index contributed by atoms with van der Waals surface area (Å²) in [5.41, 5.74) is 3.96. The Morgan fingerprint density at radius 3 is 2.72 bits per heavy atom. The lowest BCUT2D eigenvalue weighted by atomic mass is 10.1. The monoisotopic (exact) mass is 510 g/mol. The van der Waals surface area contributed by atoms with Crippen LogP contribution in [0.15, 0.2) is 47.5 Å². The van der Waals surface area contributed by atoms with Gasteiger partial charge >= 0.3 is 0 Å². The highest BCUT2D eigenvalue weighted by Crippen LogP contribution is 2.32. The standard InChI is InChI=1S/C26H21ClF2N4O3/c1-13-10-30-19(18-5-3-15-4-6-22(34)25(15)32-18)9-21(13)33-14(2)7-23(24(27)26(33)35)36-12-20-17(29)8-16(28)11-31-20/h3,5,7-11,22,34H,4,6,12H2,1-2H3. The molecule has 5 rings (SSSR count). The first-order chi connectivity index (χ1) is 17.2. The van der Waals surface area contributed by atoms with E-state index in [1.54, 1.807) is 25.3 Å². The van der Waals surface area contributed by atoms with Gasteiger partial charge in [0.25, 0.3) is 5.56 Å². The fourth-order valence-electron chi connectivity index (χ4n) is 4.25. The maximum atomic E-state index is 13.9. The number of hydrogen-bond acceptors (Lipinski definition) is 6. The van der Waals surface area contributed by atoms with E-state index in [2.05, 4.69) is 15.0 Å². The van der Waals surface area contributed by atoms with E-state index in [9.17, 15) is 18.7 Å². The zero-order valence-electron chi connectivity index (χ0n) is 19.4. The fourth-order valence-corrected chi connectivity index (χ4v) is 4.44. The quantitative estimate of drug-likeness (QED) is 0.415. The van der Waals surface area contributed by atoms with Crippen molar-refractivity contribution in [3.8, 4) is 22.8 Å². The maximum absolute atomic E-state index is 13.9. The second-order valence-corrected chi connectivity index (χ2v) is 9.00. The number of rotatable bonds is 5. The molecule has 10 heteroatoms. The molecule has 1 unspecified atom stereocenters. The van der Waals surface area contributed by atoms with Crippen LogP contribution in [-0.4, -0.2) is 24.6 Å². The molecule has 4 heterocycles. The first-order valence-corrected chi connectivity index (χ1v) is 11.6. The van der Waals surface area contributed by atoms with E-state index in [0.717, 1.165) is 23.7 Å². The van der Waals surface area contributed by atoms with Gasteiger partial charge in [0.2, 0.25) is 0 Å². The zero-order chi connectivity index (χ0) is 25.6. The zero-order valence-corrected chi connectivity index (χ0v) is 20.2. The van der Waals surface area contributed by atoms with Crippen molar-refractivity contribution in [2.45, 2.75) is 39.4 Å². The number of hydrogen-bond donors (Lipinski definition) is 1. The molecule has 36 heavy (non-hydrogen) atoms. The Hall–Kier alpha value is -3.69. The summed E-state index contributed by atoms with van der Waals surface area (Å²) >= 11 is 6.35. The number of fused-ring (bicyclic) bond motifs is 1. The Labute approximate surface area is 210 Å². The Morgan fingerprint density at radius 2 is 1.94 bits per heavy atom. The van der Waals surface area contributed by atoms with Gasteiger partial charge in [-0.3, -0.25) is 19.3 Å². The molecule has 1 N–H and O–H groups in total. The van der Waals surface area contributed by atoms with Crippen molar-refractivity contribution in [3.63, 3.8) is 0 Å². The Morgan fingerprint density at radius 1 is 1.14 bits per heavy atom. The lowest BCUT2D eigenvalue weighted by Crippen LogP contribution is -2.23. The molecule has 0 spiro atoms.